The predicted octanol–water partition coefficient (Wildman–Crippen LogP) is 0.847. The highest BCUT2D eigenvalue weighted by molar-refractivity contribution is 7.10. The van der Waals surface area contributed by atoms with Gasteiger partial charge in [-0.05, 0) is 17.0 Å². The molecule has 1 aliphatic heterocycles. The molecule has 64 valence electrons. The van der Waals surface area contributed by atoms with E-state index >= 15 is 0 Å². The van der Waals surface area contributed by atoms with E-state index < -0.39 is 12.0 Å². The van der Waals surface area contributed by atoms with Gasteiger partial charge in [0.15, 0.2) is 0 Å². The summed E-state index contributed by atoms with van der Waals surface area (Å²) in [5, 5.41) is 13.7. The van der Waals surface area contributed by atoms with Gasteiger partial charge in [-0.3, -0.25) is 10.1 Å². The van der Waals surface area contributed by atoms with Crippen molar-refractivity contribution in [2.24, 2.45) is 0 Å². The molecule has 3 nitrogen and oxygen atoms in total. The van der Waals surface area contributed by atoms with Crippen LogP contribution in [0.25, 0.3) is 0 Å². The number of carbonyl (C=O) groups is 1. The molecule has 12 heavy (non-hydrogen) atoms. The average molecular weight is 183 g/mol. The first-order chi connectivity index (χ1) is 5.77. The highest BCUT2D eigenvalue weighted by atomic mass is 32.1. The maximum absolute atomic E-state index is 10.6. The maximum Gasteiger partial charge on any atom is 0.321 e. The minimum absolute atomic E-state index is 0.392. The molecule has 0 aliphatic carbocycles. The molecule has 1 atom stereocenters. The van der Waals surface area contributed by atoms with Crippen molar-refractivity contribution in [2.45, 2.75) is 19.0 Å². The third-order valence-corrected chi connectivity index (χ3v) is 3.05. The van der Waals surface area contributed by atoms with Gasteiger partial charge in [-0.15, -0.1) is 11.3 Å². The Labute approximate surface area is 74.0 Å². The van der Waals surface area contributed by atoms with Crippen molar-refractivity contribution < 1.29 is 9.90 Å². The van der Waals surface area contributed by atoms with Gasteiger partial charge in [0.2, 0.25) is 0 Å². The van der Waals surface area contributed by atoms with Crippen molar-refractivity contribution in [3.8, 4) is 0 Å². The number of carboxylic acid groups (broad SMARTS) is 1. The molecule has 0 radical (unpaired) electrons. The molecule has 0 fully saturated rings. The molecule has 0 amide bonds. The Bertz CT molecular complexity index is 308. The number of aliphatic carboxylic acids is 1. The van der Waals surface area contributed by atoms with Gasteiger partial charge < -0.3 is 5.11 Å². The fraction of sp³-hybridized carbons (Fsp3) is 0.375. The SMILES string of the molecule is O=C(O)[C@@H]1Cc2sccc2CN1. The van der Waals surface area contributed by atoms with Crippen molar-refractivity contribution in [1.29, 1.82) is 0 Å². The fourth-order valence-electron chi connectivity index (χ4n) is 1.37. The minimum Gasteiger partial charge on any atom is -0.480 e. The van der Waals surface area contributed by atoms with Gasteiger partial charge in [0.05, 0.1) is 0 Å². The topological polar surface area (TPSA) is 49.3 Å². The summed E-state index contributed by atoms with van der Waals surface area (Å²) in [7, 11) is 0. The summed E-state index contributed by atoms with van der Waals surface area (Å²) in [6, 6.07) is 1.65. The normalized spacial score (nSPS) is 21.8. The molecule has 1 aromatic rings. The molecule has 0 aromatic carbocycles. The standard InChI is InChI=1S/C8H9NO2S/c10-8(11)6-3-7-5(4-9-6)1-2-12-7/h1-2,6,9H,3-4H2,(H,10,11)/t6-/m0/s1. The van der Waals surface area contributed by atoms with E-state index in [9.17, 15) is 4.79 Å². The first-order valence-electron chi connectivity index (χ1n) is 3.79. The molecular formula is C8H9NO2S. The van der Waals surface area contributed by atoms with Gasteiger partial charge in [0, 0.05) is 17.8 Å². The quantitative estimate of drug-likeness (QED) is 0.678. The van der Waals surface area contributed by atoms with Crippen molar-refractivity contribution >= 4 is 17.3 Å². The lowest BCUT2D eigenvalue weighted by atomic mass is 10.1. The first-order valence-corrected chi connectivity index (χ1v) is 4.67. The number of nitrogens with one attached hydrogen (secondary N) is 1. The van der Waals surface area contributed by atoms with Gasteiger partial charge in [-0.25, -0.2) is 0 Å². The van der Waals surface area contributed by atoms with Crippen molar-refractivity contribution in [3.05, 3.63) is 21.9 Å². The lowest BCUT2D eigenvalue weighted by Crippen LogP contribution is -2.40. The largest absolute Gasteiger partial charge is 0.480 e. The Kier molecular flexibility index (Phi) is 1.86. The molecule has 2 heterocycles. The summed E-state index contributed by atoms with van der Waals surface area (Å²) in [5.74, 6) is -0.756. The van der Waals surface area contributed by atoms with Crippen LogP contribution in [0.1, 0.15) is 10.4 Å². The van der Waals surface area contributed by atoms with Crippen LogP contribution < -0.4 is 5.32 Å². The van der Waals surface area contributed by atoms with Crippen LogP contribution in [0.5, 0.6) is 0 Å². The maximum atomic E-state index is 10.6. The second-order valence-electron chi connectivity index (χ2n) is 2.84. The zero-order valence-corrected chi connectivity index (χ0v) is 7.23. The number of fused-ring (bicyclic) bond motifs is 1. The minimum atomic E-state index is -0.756. The van der Waals surface area contributed by atoms with Crippen molar-refractivity contribution in [3.63, 3.8) is 0 Å². The lowest BCUT2D eigenvalue weighted by molar-refractivity contribution is -0.139. The van der Waals surface area contributed by atoms with E-state index in [2.05, 4.69) is 5.32 Å². The van der Waals surface area contributed by atoms with E-state index in [1.165, 1.54) is 10.4 Å². The van der Waals surface area contributed by atoms with Crippen LogP contribution in [0.4, 0.5) is 0 Å². The van der Waals surface area contributed by atoms with E-state index in [1.54, 1.807) is 11.3 Å². The second-order valence-corrected chi connectivity index (χ2v) is 3.85. The van der Waals surface area contributed by atoms with Crippen LogP contribution in [0.2, 0.25) is 0 Å². The van der Waals surface area contributed by atoms with Crippen LogP contribution in [-0.2, 0) is 17.8 Å². The molecule has 2 rings (SSSR count). The second kappa shape index (κ2) is 2.88. The van der Waals surface area contributed by atoms with E-state index in [0.29, 0.717) is 13.0 Å². The summed E-state index contributed by atoms with van der Waals surface area (Å²) in [6.07, 6.45) is 0.627. The van der Waals surface area contributed by atoms with E-state index in [1.807, 2.05) is 11.4 Å². The zero-order chi connectivity index (χ0) is 8.55. The van der Waals surface area contributed by atoms with Crippen LogP contribution >= 0.6 is 11.3 Å². The van der Waals surface area contributed by atoms with Gasteiger partial charge in [0.25, 0.3) is 0 Å². The monoisotopic (exact) mass is 183 g/mol. The van der Waals surface area contributed by atoms with Crippen LogP contribution in [-0.4, -0.2) is 17.1 Å². The average Bonchev–Trinajstić information content (AvgIpc) is 2.49. The van der Waals surface area contributed by atoms with E-state index in [0.717, 1.165) is 0 Å². The predicted molar refractivity (Wildman–Crippen MR) is 46.3 cm³/mol. The highest BCUT2D eigenvalue weighted by Gasteiger charge is 2.23. The van der Waals surface area contributed by atoms with Crippen LogP contribution in [0, 0.1) is 0 Å². The summed E-state index contributed by atoms with van der Waals surface area (Å²) < 4.78 is 0. The molecule has 0 saturated carbocycles. The summed E-state index contributed by atoms with van der Waals surface area (Å²) in [6.45, 7) is 0.690. The van der Waals surface area contributed by atoms with Crippen molar-refractivity contribution in [1.82, 2.24) is 5.32 Å². The van der Waals surface area contributed by atoms with Gasteiger partial charge in [0.1, 0.15) is 6.04 Å². The van der Waals surface area contributed by atoms with Gasteiger partial charge in [-0.2, -0.15) is 0 Å². The van der Waals surface area contributed by atoms with Crippen LogP contribution in [0.15, 0.2) is 11.4 Å². The number of thiophene rings is 1. The Morgan fingerprint density at radius 2 is 2.58 bits per heavy atom. The lowest BCUT2D eigenvalue weighted by Gasteiger charge is -2.19. The molecule has 4 heteroatoms. The van der Waals surface area contributed by atoms with Crippen LogP contribution in [0.3, 0.4) is 0 Å². The summed E-state index contributed by atoms with van der Waals surface area (Å²) in [4.78, 5) is 11.8. The highest BCUT2D eigenvalue weighted by Crippen LogP contribution is 2.22. The molecule has 0 spiro atoms. The van der Waals surface area contributed by atoms with E-state index in [-0.39, 0.29) is 0 Å². The summed E-state index contributed by atoms with van der Waals surface area (Å²) >= 11 is 1.64. The Hall–Kier alpha value is -0.870. The zero-order valence-electron chi connectivity index (χ0n) is 6.41. The van der Waals surface area contributed by atoms with Crippen molar-refractivity contribution in [2.75, 3.05) is 0 Å². The number of rotatable bonds is 1. The van der Waals surface area contributed by atoms with E-state index in [4.69, 9.17) is 5.11 Å². The molecule has 0 saturated heterocycles. The Morgan fingerprint density at radius 1 is 1.75 bits per heavy atom. The van der Waals surface area contributed by atoms with Gasteiger partial charge >= 0.3 is 5.97 Å². The Balaban J connectivity index is 2.20. The fourth-order valence-corrected chi connectivity index (χ4v) is 2.32. The van der Waals surface area contributed by atoms with Gasteiger partial charge in [-0.1, -0.05) is 0 Å². The molecule has 1 aromatic heterocycles. The number of hydrogen-bond acceptors (Lipinski definition) is 3. The first kappa shape index (κ1) is 7.76. The smallest absolute Gasteiger partial charge is 0.321 e. The molecule has 0 unspecified atom stereocenters. The third-order valence-electron chi connectivity index (χ3n) is 2.06. The molecular weight excluding hydrogens is 174 g/mol. The third kappa shape index (κ3) is 1.23. The number of hydrogen-bond donors (Lipinski definition) is 2. The Morgan fingerprint density at radius 3 is 3.33 bits per heavy atom. The molecule has 2 N–H and O–H groups in total. The summed E-state index contributed by atoms with van der Waals surface area (Å²) in [5.41, 5.74) is 1.25. The number of carboxylic acids is 1. The molecule has 0 bridgehead atoms. The molecule has 1 aliphatic rings.